The summed E-state index contributed by atoms with van der Waals surface area (Å²) in [6, 6.07) is 0.249. The maximum Gasteiger partial charge on any atom is 0.315 e. The molecule has 2 amide bonds. The van der Waals surface area contributed by atoms with Crippen LogP contribution in [0.2, 0.25) is 0 Å². The zero-order valence-corrected chi connectivity index (χ0v) is 10.3. The van der Waals surface area contributed by atoms with Crippen LogP contribution in [0.4, 0.5) is 4.79 Å². The molecule has 3 unspecified atom stereocenters. The fraction of sp³-hybridized carbons (Fsp3) is 0.909. The van der Waals surface area contributed by atoms with Crippen LogP contribution in [-0.4, -0.2) is 24.5 Å². The molecule has 0 aromatic carbocycles. The third-order valence-electron chi connectivity index (χ3n) is 3.13. The Labute approximate surface area is 96.9 Å². The molecule has 15 heavy (non-hydrogen) atoms. The molecule has 4 heteroatoms. The number of carbonyl (C=O) groups is 1. The molecular formula is C11H21ClN2O. The predicted octanol–water partition coefficient (Wildman–Crippen LogP) is 2.35. The van der Waals surface area contributed by atoms with Crippen molar-refractivity contribution in [3.63, 3.8) is 0 Å². The van der Waals surface area contributed by atoms with Crippen molar-refractivity contribution in [2.75, 3.05) is 12.4 Å². The van der Waals surface area contributed by atoms with Crippen LogP contribution in [0.3, 0.4) is 0 Å². The minimum Gasteiger partial charge on any atom is -0.337 e. The molecule has 0 radical (unpaired) electrons. The summed E-state index contributed by atoms with van der Waals surface area (Å²) in [6.07, 6.45) is 3.52. The average molecular weight is 233 g/mol. The van der Waals surface area contributed by atoms with E-state index in [0.29, 0.717) is 24.4 Å². The summed E-state index contributed by atoms with van der Waals surface area (Å²) in [5, 5.41) is 5.74. The minimum absolute atomic E-state index is 0.0814. The molecule has 3 atom stereocenters. The number of alkyl halides is 1. The van der Waals surface area contributed by atoms with Gasteiger partial charge >= 0.3 is 6.03 Å². The highest BCUT2D eigenvalue weighted by atomic mass is 35.5. The number of halogens is 1. The smallest absolute Gasteiger partial charge is 0.315 e. The van der Waals surface area contributed by atoms with E-state index >= 15 is 0 Å². The predicted molar refractivity (Wildman–Crippen MR) is 63.2 cm³/mol. The molecule has 1 aliphatic carbocycles. The van der Waals surface area contributed by atoms with Gasteiger partial charge in [0.1, 0.15) is 0 Å². The summed E-state index contributed by atoms with van der Waals surface area (Å²) in [6.45, 7) is 5.02. The lowest BCUT2D eigenvalue weighted by molar-refractivity contribution is 0.207. The zero-order valence-electron chi connectivity index (χ0n) is 9.55. The molecule has 0 spiro atoms. The SMILES string of the molecule is CC1CCC(NC(=O)NCCCl)C(C)C1. The van der Waals surface area contributed by atoms with Crippen molar-refractivity contribution in [2.24, 2.45) is 11.8 Å². The summed E-state index contributed by atoms with van der Waals surface area (Å²) in [5.74, 6) is 1.84. The average Bonchev–Trinajstić information content (AvgIpc) is 2.19. The molecule has 0 aromatic rings. The van der Waals surface area contributed by atoms with E-state index < -0.39 is 0 Å². The number of urea groups is 1. The third kappa shape index (κ3) is 4.29. The van der Waals surface area contributed by atoms with E-state index in [9.17, 15) is 4.79 Å². The molecule has 0 bridgehead atoms. The Hall–Kier alpha value is -0.440. The van der Waals surface area contributed by atoms with Crippen LogP contribution in [-0.2, 0) is 0 Å². The van der Waals surface area contributed by atoms with Crippen LogP contribution in [0.1, 0.15) is 33.1 Å². The summed E-state index contributed by atoms with van der Waals surface area (Å²) in [7, 11) is 0. The highest BCUT2D eigenvalue weighted by molar-refractivity contribution is 6.18. The maximum atomic E-state index is 11.4. The standard InChI is InChI=1S/C11H21ClN2O/c1-8-3-4-10(9(2)7-8)14-11(15)13-6-5-12/h8-10H,3-7H2,1-2H3,(H2,13,14,15). The quantitative estimate of drug-likeness (QED) is 0.721. The Morgan fingerprint density at radius 3 is 2.73 bits per heavy atom. The Kier molecular flexibility index (Phi) is 5.23. The Morgan fingerprint density at radius 1 is 1.40 bits per heavy atom. The van der Waals surface area contributed by atoms with Crippen molar-refractivity contribution in [1.29, 1.82) is 0 Å². The first-order chi connectivity index (χ1) is 7.13. The number of amides is 2. The Balaban J connectivity index is 2.28. The third-order valence-corrected chi connectivity index (χ3v) is 3.32. The summed E-state index contributed by atoms with van der Waals surface area (Å²) in [5.41, 5.74) is 0. The van der Waals surface area contributed by atoms with Gasteiger partial charge in [-0.15, -0.1) is 11.6 Å². The van der Waals surface area contributed by atoms with Gasteiger partial charge in [-0.3, -0.25) is 0 Å². The Bertz CT molecular complexity index is 211. The number of carbonyl (C=O) groups excluding carboxylic acids is 1. The molecule has 88 valence electrons. The molecule has 0 aromatic heterocycles. The molecule has 0 aliphatic heterocycles. The first-order valence-corrected chi connectivity index (χ1v) is 6.27. The molecule has 3 nitrogen and oxygen atoms in total. The van der Waals surface area contributed by atoms with E-state index in [4.69, 9.17) is 11.6 Å². The zero-order chi connectivity index (χ0) is 11.3. The van der Waals surface area contributed by atoms with E-state index in [1.807, 2.05) is 0 Å². The first kappa shape index (κ1) is 12.6. The lowest BCUT2D eigenvalue weighted by Crippen LogP contribution is -2.47. The van der Waals surface area contributed by atoms with Gasteiger partial charge in [0.25, 0.3) is 0 Å². The molecule has 0 saturated heterocycles. The monoisotopic (exact) mass is 232 g/mol. The second-order valence-electron chi connectivity index (χ2n) is 4.59. The van der Waals surface area contributed by atoms with Crippen molar-refractivity contribution in [3.05, 3.63) is 0 Å². The van der Waals surface area contributed by atoms with Gasteiger partial charge in [0.05, 0.1) is 0 Å². The van der Waals surface area contributed by atoms with Crippen LogP contribution in [0.15, 0.2) is 0 Å². The van der Waals surface area contributed by atoms with Crippen molar-refractivity contribution in [1.82, 2.24) is 10.6 Å². The summed E-state index contributed by atoms with van der Waals surface area (Å²) < 4.78 is 0. The van der Waals surface area contributed by atoms with Crippen LogP contribution < -0.4 is 10.6 Å². The van der Waals surface area contributed by atoms with Crippen molar-refractivity contribution >= 4 is 17.6 Å². The molecular weight excluding hydrogens is 212 g/mol. The van der Waals surface area contributed by atoms with Gasteiger partial charge in [-0.2, -0.15) is 0 Å². The highest BCUT2D eigenvalue weighted by Crippen LogP contribution is 2.28. The number of hydrogen-bond acceptors (Lipinski definition) is 1. The lowest BCUT2D eigenvalue weighted by Gasteiger charge is -2.33. The first-order valence-electron chi connectivity index (χ1n) is 5.73. The summed E-state index contributed by atoms with van der Waals surface area (Å²) in [4.78, 5) is 11.4. The van der Waals surface area contributed by atoms with E-state index in [2.05, 4.69) is 24.5 Å². The molecule has 1 saturated carbocycles. The van der Waals surface area contributed by atoms with Crippen molar-refractivity contribution in [3.8, 4) is 0 Å². The van der Waals surface area contributed by atoms with Crippen LogP contribution in [0.5, 0.6) is 0 Å². The summed E-state index contributed by atoms with van der Waals surface area (Å²) >= 11 is 5.49. The topological polar surface area (TPSA) is 41.1 Å². The van der Waals surface area contributed by atoms with Crippen molar-refractivity contribution < 1.29 is 4.79 Å². The van der Waals surface area contributed by atoms with Crippen LogP contribution >= 0.6 is 11.6 Å². The largest absolute Gasteiger partial charge is 0.337 e. The van der Waals surface area contributed by atoms with E-state index in [0.717, 1.165) is 12.3 Å². The minimum atomic E-state index is -0.0814. The number of hydrogen-bond donors (Lipinski definition) is 2. The van der Waals surface area contributed by atoms with E-state index in [1.165, 1.54) is 12.8 Å². The molecule has 1 fully saturated rings. The van der Waals surface area contributed by atoms with Gasteiger partial charge in [0.15, 0.2) is 0 Å². The molecule has 2 N–H and O–H groups in total. The van der Waals surface area contributed by atoms with Gasteiger partial charge in [-0.25, -0.2) is 4.79 Å². The van der Waals surface area contributed by atoms with Crippen molar-refractivity contribution in [2.45, 2.75) is 39.2 Å². The lowest BCUT2D eigenvalue weighted by atomic mass is 9.80. The Morgan fingerprint density at radius 2 is 2.13 bits per heavy atom. The number of nitrogens with one attached hydrogen (secondary N) is 2. The fourth-order valence-corrected chi connectivity index (χ4v) is 2.35. The molecule has 1 aliphatic rings. The maximum absolute atomic E-state index is 11.4. The second-order valence-corrected chi connectivity index (χ2v) is 4.97. The normalized spacial score (nSPS) is 31.0. The second kappa shape index (κ2) is 6.21. The van der Waals surface area contributed by atoms with Gasteiger partial charge in [-0.05, 0) is 31.1 Å². The highest BCUT2D eigenvalue weighted by Gasteiger charge is 2.26. The van der Waals surface area contributed by atoms with Gasteiger partial charge < -0.3 is 10.6 Å². The molecule has 1 rings (SSSR count). The number of rotatable bonds is 3. The van der Waals surface area contributed by atoms with Crippen LogP contribution in [0, 0.1) is 11.8 Å². The molecule has 0 heterocycles. The fourth-order valence-electron chi connectivity index (χ4n) is 2.26. The van der Waals surface area contributed by atoms with Crippen LogP contribution in [0.25, 0.3) is 0 Å². The van der Waals surface area contributed by atoms with Gasteiger partial charge in [-0.1, -0.05) is 13.8 Å². The van der Waals surface area contributed by atoms with E-state index in [-0.39, 0.29) is 6.03 Å². The van der Waals surface area contributed by atoms with Gasteiger partial charge in [0, 0.05) is 18.5 Å². The van der Waals surface area contributed by atoms with E-state index in [1.54, 1.807) is 0 Å². The van der Waals surface area contributed by atoms with Gasteiger partial charge in [0.2, 0.25) is 0 Å².